The number of nitrogens with one attached hydrogen (secondary N) is 2. The fourth-order valence-corrected chi connectivity index (χ4v) is 2.87. The van der Waals surface area contributed by atoms with E-state index in [1.165, 1.54) is 43.2 Å². The lowest BCUT2D eigenvalue weighted by atomic mass is 10.1. The molecule has 0 saturated heterocycles. The zero-order chi connectivity index (χ0) is 18.6. The third-order valence-corrected chi connectivity index (χ3v) is 4.58. The minimum Gasteiger partial charge on any atom is -0.326 e. The molecule has 26 heavy (non-hydrogen) atoms. The first-order chi connectivity index (χ1) is 12.7. The van der Waals surface area contributed by atoms with Crippen LogP contribution in [-0.4, -0.2) is 12.5 Å². The SMILES string of the molecule is CCCCCCCCN=C(Nc1ccccc1C)Nc1ccccc1C. The molecular formula is C23H33N3. The van der Waals surface area contributed by atoms with Crippen LogP contribution in [0.25, 0.3) is 0 Å². The van der Waals surface area contributed by atoms with Gasteiger partial charge in [-0.25, -0.2) is 0 Å². The van der Waals surface area contributed by atoms with E-state index >= 15 is 0 Å². The van der Waals surface area contributed by atoms with Gasteiger partial charge in [-0.3, -0.25) is 4.99 Å². The normalized spacial score (nSPS) is 10.4. The summed E-state index contributed by atoms with van der Waals surface area (Å²) in [7, 11) is 0. The number of anilines is 2. The maximum Gasteiger partial charge on any atom is 0.200 e. The molecule has 0 aliphatic rings. The van der Waals surface area contributed by atoms with Crippen molar-refractivity contribution in [1.82, 2.24) is 0 Å². The Labute approximate surface area is 158 Å². The van der Waals surface area contributed by atoms with Crippen LogP contribution in [0, 0.1) is 13.8 Å². The van der Waals surface area contributed by atoms with Gasteiger partial charge >= 0.3 is 0 Å². The number of aliphatic imine (C=N–C) groups is 1. The molecule has 0 saturated carbocycles. The highest BCUT2D eigenvalue weighted by atomic mass is 15.2. The summed E-state index contributed by atoms with van der Waals surface area (Å²) in [5.41, 5.74) is 4.61. The molecule has 140 valence electrons. The van der Waals surface area contributed by atoms with E-state index in [1.807, 2.05) is 0 Å². The molecule has 0 unspecified atom stereocenters. The molecule has 3 nitrogen and oxygen atoms in total. The molecule has 3 heteroatoms. The van der Waals surface area contributed by atoms with Crippen molar-refractivity contribution >= 4 is 17.3 Å². The van der Waals surface area contributed by atoms with Gasteiger partial charge in [0, 0.05) is 17.9 Å². The van der Waals surface area contributed by atoms with Crippen LogP contribution in [0.2, 0.25) is 0 Å². The molecule has 0 aliphatic carbocycles. The summed E-state index contributed by atoms with van der Waals surface area (Å²) in [5, 5.41) is 6.95. The molecule has 0 atom stereocenters. The van der Waals surface area contributed by atoms with E-state index in [1.54, 1.807) is 0 Å². The largest absolute Gasteiger partial charge is 0.326 e. The smallest absolute Gasteiger partial charge is 0.200 e. The van der Waals surface area contributed by atoms with Crippen molar-refractivity contribution in [2.75, 3.05) is 17.2 Å². The summed E-state index contributed by atoms with van der Waals surface area (Å²) in [6.45, 7) is 7.33. The van der Waals surface area contributed by atoms with Gasteiger partial charge in [-0.2, -0.15) is 0 Å². The highest BCUT2D eigenvalue weighted by molar-refractivity contribution is 6.04. The van der Waals surface area contributed by atoms with Crippen LogP contribution in [0.15, 0.2) is 53.5 Å². The Bertz CT molecular complexity index is 642. The summed E-state index contributed by atoms with van der Waals surface area (Å²) < 4.78 is 0. The first kappa shape index (κ1) is 20.0. The maximum atomic E-state index is 4.81. The lowest BCUT2D eigenvalue weighted by molar-refractivity contribution is 0.612. The zero-order valence-corrected chi connectivity index (χ0v) is 16.5. The minimum atomic E-state index is 0.821. The second-order valence-corrected chi connectivity index (χ2v) is 6.88. The number of benzene rings is 2. The first-order valence-electron chi connectivity index (χ1n) is 9.90. The number of hydrogen-bond acceptors (Lipinski definition) is 1. The van der Waals surface area contributed by atoms with Crippen molar-refractivity contribution < 1.29 is 0 Å². The summed E-state index contributed by atoms with van der Waals surface area (Å²) in [6, 6.07) is 16.6. The van der Waals surface area contributed by atoms with Crippen molar-refractivity contribution in [3.8, 4) is 0 Å². The molecule has 0 fully saturated rings. The van der Waals surface area contributed by atoms with E-state index in [9.17, 15) is 0 Å². The molecule has 2 aromatic rings. The van der Waals surface area contributed by atoms with Crippen molar-refractivity contribution in [2.45, 2.75) is 59.3 Å². The van der Waals surface area contributed by atoms with Crippen LogP contribution in [-0.2, 0) is 0 Å². The van der Waals surface area contributed by atoms with Crippen LogP contribution in [0.3, 0.4) is 0 Å². The third kappa shape index (κ3) is 6.91. The van der Waals surface area contributed by atoms with E-state index < -0.39 is 0 Å². The van der Waals surface area contributed by atoms with Crippen molar-refractivity contribution in [3.05, 3.63) is 59.7 Å². The monoisotopic (exact) mass is 351 g/mol. The van der Waals surface area contributed by atoms with Crippen molar-refractivity contribution in [1.29, 1.82) is 0 Å². The summed E-state index contributed by atoms with van der Waals surface area (Å²) >= 11 is 0. The molecule has 0 aromatic heterocycles. The molecule has 2 rings (SSSR count). The Kier molecular flexibility index (Phi) is 8.74. The number of unbranched alkanes of at least 4 members (excludes halogenated alkanes) is 5. The van der Waals surface area contributed by atoms with Gasteiger partial charge in [0.25, 0.3) is 0 Å². The number of rotatable bonds is 9. The van der Waals surface area contributed by atoms with Gasteiger partial charge in [0.2, 0.25) is 0 Å². The van der Waals surface area contributed by atoms with Crippen LogP contribution in [0.4, 0.5) is 11.4 Å². The fraction of sp³-hybridized carbons (Fsp3) is 0.435. The van der Waals surface area contributed by atoms with E-state index in [4.69, 9.17) is 4.99 Å². The number of hydrogen-bond donors (Lipinski definition) is 2. The highest BCUT2D eigenvalue weighted by Crippen LogP contribution is 2.16. The van der Waals surface area contributed by atoms with Gasteiger partial charge in [-0.1, -0.05) is 75.4 Å². The van der Waals surface area contributed by atoms with Crippen LogP contribution in [0.1, 0.15) is 56.6 Å². The minimum absolute atomic E-state index is 0.821. The topological polar surface area (TPSA) is 36.4 Å². The summed E-state index contributed by atoms with van der Waals surface area (Å²) in [5.74, 6) is 0.821. The Balaban J connectivity index is 2.00. The van der Waals surface area contributed by atoms with Gasteiger partial charge in [0.1, 0.15) is 0 Å². The Morgan fingerprint density at radius 2 is 1.23 bits per heavy atom. The average Bonchev–Trinajstić information content (AvgIpc) is 2.64. The standard InChI is InChI=1S/C23H33N3/c1-4-5-6-7-8-13-18-24-23(25-21-16-11-9-14-19(21)2)26-22-17-12-10-15-20(22)3/h9-12,14-17H,4-8,13,18H2,1-3H3,(H2,24,25,26). The second kappa shape index (κ2) is 11.3. The number of aryl methyl sites for hydroxylation is 2. The molecule has 0 amide bonds. The predicted molar refractivity (Wildman–Crippen MR) is 115 cm³/mol. The van der Waals surface area contributed by atoms with Gasteiger partial charge in [-0.15, -0.1) is 0 Å². The third-order valence-electron chi connectivity index (χ3n) is 4.58. The quantitative estimate of drug-likeness (QED) is 0.305. The Hall–Kier alpha value is -2.29. The molecule has 0 spiro atoms. The van der Waals surface area contributed by atoms with E-state index in [0.717, 1.165) is 30.3 Å². The fourth-order valence-electron chi connectivity index (χ4n) is 2.87. The summed E-state index contributed by atoms with van der Waals surface area (Å²) in [6.07, 6.45) is 7.69. The highest BCUT2D eigenvalue weighted by Gasteiger charge is 2.05. The average molecular weight is 352 g/mol. The zero-order valence-electron chi connectivity index (χ0n) is 16.5. The Morgan fingerprint density at radius 3 is 1.77 bits per heavy atom. The molecule has 0 radical (unpaired) electrons. The first-order valence-corrected chi connectivity index (χ1v) is 9.90. The van der Waals surface area contributed by atoms with Crippen LogP contribution >= 0.6 is 0 Å². The maximum absolute atomic E-state index is 4.81. The number of para-hydroxylation sites is 2. The van der Waals surface area contributed by atoms with Crippen LogP contribution < -0.4 is 10.6 Å². The lowest BCUT2D eigenvalue weighted by Gasteiger charge is -2.15. The van der Waals surface area contributed by atoms with Crippen LogP contribution in [0.5, 0.6) is 0 Å². The van der Waals surface area contributed by atoms with Gasteiger partial charge in [0.15, 0.2) is 5.96 Å². The predicted octanol–water partition coefficient (Wildman–Crippen LogP) is 6.54. The second-order valence-electron chi connectivity index (χ2n) is 6.88. The summed E-state index contributed by atoms with van der Waals surface area (Å²) in [4.78, 5) is 4.81. The van der Waals surface area contributed by atoms with E-state index in [-0.39, 0.29) is 0 Å². The molecule has 0 aliphatic heterocycles. The Morgan fingerprint density at radius 1 is 0.731 bits per heavy atom. The van der Waals surface area contributed by atoms with Crippen molar-refractivity contribution in [2.24, 2.45) is 4.99 Å². The molecule has 2 N–H and O–H groups in total. The lowest BCUT2D eigenvalue weighted by Crippen LogP contribution is -2.23. The van der Waals surface area contributed by atoms with Gasteiger partial charge < -0.3 is 10.6 Å². The van der Waals surface area contributed by atoms with Gasteiger partial charge in [0.05, 0.1) is 0 Å². The molecule has 0 bridgehead atoms. The van der Waals surface area contributed by atoms with Crippen molar-refractivity contribution in [3.63, 3.8) is 0 Å². The van der Waals surface area contributed by atoms with Gasteiger partial charge in [-0.05, 0) is 43.5 Å². The number of guanidine groups is 1. The number of nitrogens with zero attached hydrogens (tertiary/aromatic N) is 1. The molecule has 0 heterocycles. The van der Waals surface area contributed by atoms with E-state index in [0.29, 0.717) is 0 Å². The molecular weight excluding hydrogens is 318 g/mol. The van der Waals surface area contributed by atoms with E-state index in [2.05, 4.69) is 79.9 Å². The molecule has 2 aromatic carbocycles.